The number of nitrogens with zero attached hydrogens (tertiary/aromatic N) is 3. The number of anilines is 1. The first-order valence-corrected chi connectivity index (χ1v) is 14.2. The van der Waals surface area contributed by atoms with Gasteiger partial charge in [0.05, 0.1) is 6.54 Å². The van der Waals surface area contributed by atoms with E-state index in [9.17, 15) is 4.79 Å². The van der Waals surface area contributed by atoms with Gasteiger partial charge in [0.25, 0.3) is 0 Å². The SMILES string of the molecule is C=CNC.CCN(CC=O)c1ccc(-c2noc(C)n2)cc1C.CCNCCNC.CCc1ccccc1CC. The molecule has 1 aromatic heterocycles. The van der Waals surface area contributed by atoms with Crippen LogP contribution in [0.4, 0.5) is 5.69 Å². The summed E-state index contributed by atoms with van der Waals surface area (Å²) >= 11 is 0. The molecule has 0 amide bonds. The van der Waals surface area contributed by atoms with Crippen LogP contribution in [0.15, 0.2) is 59.8 Å². The van der Waals surface area contributed by atoms with Gasteiger partial charge < -0.3 is 30.2 Å². The van der Waals surface area contributed by atoms with Gasteiger partial charge in [-0.05, 0) is 81.4 Å². The third-order valence-electron chi connectivity index (χ3n) is 5.89. The molecule has 0 fully saturated rings. The summed E-state index contributed by atoms with van der Waals surface area (Å²) in [5.41, 5.74) is 6.04. The molecule has 2 aromatic carbocycles. The van der Waals surface area contributed by atoms with Crippen molar-refractivity contribution in [2.24, 2.45) is 0 Å². The van der Waals surface area contributed by atoms with Gasteiger partial charge in [-0.15, -0.1) is 0 Å². The van der Waals surface area contributed by atoms with E-state index in [2.05, 4.69) is 77.7 Å². The summed E-state index contributed by atoms with van der Waals surface area (Å²) in [6, 6.07) is 14.6. The van der Waals surface area contributed by atoms with Crippen molar-refractivity contribution in [1.82, 2.24) is 26.1 Å². The minimum absolute atomic E-state index is 0.401. The number of carbonyl (C=O) groups is 1. The van der Waals surface area contributed by atoms with E-state index in [1.807, 2.05) is 51.0 Å². The molecular weight excluding hydrogens is 500 g/mol. The molecule has 0 spiro atoms. The highest BCUT2D eigenvalue weighted by atomic mass is 16.5. The van der Waals surface area contributed by atoms with Crippen molar-refractivity contribution in [2.45, 2.75) is 54.4 Å². The number of aldehydes is 1. The van der Waals surface area contributed by atoms with E-state index < -0.39 is 0 Å². The Kier molecular flexibility index (Phi) is 21.4. The van der Waals surface area contributed by atoms with Crippen LogP contribution < -0.4 is 20.9 Å². The van der Waals surface area contributed by atoms with E-state index in [4.69, 9.17) is 4.52 Å². The Morgan fingerprint density at radius 1 is 0.975 bits per heavy atom. The van der Waals surface area contributed by atoms with Crippen LogP contribution in [0, 0.1) is 13.8 Å². The zero-order chi connectivity index (χ0) is 30.2. The van der Waals surface area contributed by atoms with Gasteiger partial charge in [0.1, 0.15) is 6.29 Å². The number of nitrogens with one attached hydrogen (secondary N) is 3. The molecule has 0 aliphatic rings. The summed E-state index contributed by atoms with van der Waals surface area (Å²) in [6.07, 6.45) is 4.85. The first kappa shape index (κ1) is 36.5. The van der Waals surface area contributed by atoms with E-state index in [1.165, 1.54) is 11.1 Å². The molecule has 0 saturated heterocycles. The molecule has 3 aromatic rings. The lowest BCUT2D eigenvalue weighted by atomic mass is 10.0. The smallest absolute Gasteiger partial charge is 0.223 e. The highest BCUT2D eigenvalue weighted by Crippen LogP contribution is 2.25. The van der Waals surface area contributed by atoms with Crippen LogP contribution in [0.2, 0.25) is 0 Å². The first-order valence-electron chi connectivity index (χ1n) is 14.2. The van der Waals surface area contributed by atoms with E-state index >= 15 is 0 Å². The summed E-state index contributed by atoms with van der Waals surface area (Å²) < 4.78 is 4.98. The Balaban J connectivity index is 0.000000605. The number of hydrogen-bond acceptors (Lipinski definition) is 8. The van der Waals surface area contributed by atoms with E-state index in [1.54, 1.807) is 13.1 Å². The molecule has 3 N–H and O–H groups in total. The topological polar surface area (TPSA) is 95.3 Å². The van der Waals surface area contributed by atoms with E-state index in [-0.39, 0.29) is 0 Å². The number of rotatable bonds is 12. The Morgan fingerprint density at radius 3 is 2.00 bits per heavy atom. The predicted octanol–water partition coefficient (Wildman–Crippen LogP) is 5.35. The van der Waals surface area contributed by atoms with Crippen molar-refractivity contribution >= 4 is 12.0 Å². The van der Waals surface area contributed by atoms with Gasteiger partial charge in [-0.1, -0.05) is 56.8 Å². The van der Waals surface area contributed by atoms with Gasteiger partial charge in [0, 0.05) is 44.9 Å². The van der Waals surface area contributed by atoms with Crippen LogP contribution in [0.25, 0.3) is 11.4 Å². The molecular formula is C32H52N6O2. The molecule has 40 heavy (non-hydrogen) atoms. The number of aryl methyl sites for hydroxylation is 4. The largest absolute Gasteiger partial charge is 0.394 e. The van der Waals surface area contributed by atoms with Crippen molar-refractivity contribution in [3.8, 4) is 11.4 Å². The number of likely N-dealkylation sites (N-methyl/N-ethyl adjacent to an activating group) is 3. The second kappa shape index (κ2) is 23.4. The van der Waals surface area contributed by atoms with Crippen LogP contribution in [0.3, 0.4) is 0 Å². The van der Waals surface area contributed by atoms with Crippen LogP contribution >= 0.6 is 0 Å². The minimum atomic E-state index is 0.401. The Bertz CT molecular complexity index is 1040. The van der Waals surface area contributed by atoms with Crippen molar-refractivity contribution < 1.29 is 9.32 Å². The van der Waals surface area contributed by atoms with Gasteiger partial charge in [-0.25, -0.2) is 0 Å². The fourth-order valence-corrected chi connectivity index (χ4v) is 3.69. The van der Waals surface area contributed by atoms with Crippen molar-refractivity contribution in [3.63, 3.8) is 0 Å². The lowest BCUT2D eigenvalue weighted by Crippen LogP contribution is -2.25. The maximum Gasteiger partial charge on any atom is 0.223 e. The number of hydrogen-bond donors (Lipinski definition) is 3. The first-order chi connectivity index (χ1) is 19.4. The van der Waals surface area contributed by atoms with Crippen molar-refractivity contribution in [3.05, 3.63) is 77.8 Å². The molecule has 0 aliphatic carbocycles. The standard InChI is InChI=1S/C14H17N3O2.C10H14.C5H14N2.C3H7N/c1-4-17(7-8-18)13-6-5-12(9-10(13)2)14-15-11(3)19-16-14;1-3-9-7-5-6-8-10(9)4-2;1-3-7-5-4-6-2;1-3-4-2/h5-6,8-9H,4,7H2,1-3H3;5-8H,3-4H2,1-2H3;6-7H,3-5H2,1-2H3;3-4H,1H2,2H3. The van der Waals surface area contributed by atoms with Crippen molar-refractivity contribution in [1.29, 1.82) is 0 Å². The zero-order valence-electron chi connectivity index (χ0n) is 26.0. The normalized spacial score (nSPS) is 9.60. The van der Waals surface area contributed by atoms with Gasteiger partial charge in [-0.2, -0.15) is 4.98 Å². The molecule has 8 heteroatoms. The molecule has 0 radical (unpaired) electrons. The molecule has 0 unspecified atom stereocenters. The zero-order valence-corrected chi connectivity index (χ0v) is 26.0. The quantitative estimate of drug-likeness (QED) is 0.204. The molecule has 0 bridgehead atoms. The number of aromatic nitrogens is 2. The van der Waals surface area contributed by atoms with Gasteiger partial charge in [0.2, 0.25) is 11.7 Å². The molecule has 8 nitrogen and oxygen atoms in total. The Hall–Kier alpha value is -3.49. The summed E-state index contributed by atoms with van der Waals surface area (Å²) in [5, 5.41) is 12.8. The fourth-order valence-electron chi connectivity index (χ4n) is 3.69. The molecule has 0 aliphatic heterocycles. The average Bonchev–Trinajstić information content (AvgIpc) is 3.43. The van der Waals surface area contributed by atoms with E-state index in [0.29, 0.717) is 18.3 Å². The van der Waals surface area contributed by atoms with Gasteiger partial charge >= 0.3 is 0 Å². The summed E-state index contributed by atoms with van der Waals surface area (Å²) in [7, 11) is 3.77. The number of benzene rings is 2. The lowest BCUT2D eigenvalue weighted by Gasteiger charge is -2.22. The highest BCUT2D eigenvalue weighted by Gasteiger charge is 2.11. The molecule has 3 rings (SSSR count). The second-order valence-corrected chi connectivity index (χ2v) is 8.77. The lowest BCUT2D eigenvalue weighted by molar-refractivity contribution is -0.106. The van der Waals surface area contributed by atoms with Gasteiger partial charge in [-0.3, -0.25) is 0 Å². The average molecular weight is 553 g/mol. The summed E-state index contributed by atoms with van der Waals surface area (Å²) in [5.74, 6) is 1.14. The monoisotopic (exact) mass is 552 g/mol. The molecule has 222 valence electrons. The van der Waals surface area contributed by atoms with Gasteiger partial charge in [0.15, 0.2) is 0 Å². The highest BCUT2D eigenvalue weighted by molar-refractivity contribution is 5.67. The maximum atomic E-state index is 10.7. The molecule has 0 atom stereocenters. The minimum Gasteiger partial charge on any atom is -0.394 e. The summed E-state index contributed by atoms with van der Waals surface area (Å²) in [4.78, 5) is 16.9. The fraction of sp³-hybridized carbons (Fsp3) is 0.469. The van der Waals surface area contributed by atoms with E-state index in [0.717, 1.165) is 62.1 Å². The molecule has 0 saturated carbocycles. The maximum absolute atomic E-state index is 10.7. The van der Waals surface area contributed by atoms with Crippen LogP contribution in [0.5, 0.6) is 0 Å². The third kappa shape index (κ3) is 14.6. The second-order valence-electron chi connectivity index (χ2n) is 8.77. The number of carbonyl (C=O) groups excluding carboxylic acids is 1. The van der Waals surface area contributed by atoms with Crippen molar-refractivity contribution in [2.75, 3.05) is 51.7 Å². The van der Waals surface area contributed by atoms with Crippen LogP contribution in [-0.4, -0.2) is 63.2 Å². The predicted molar refractivity (Wildman–Crippen MR) is 170 cm³/mol. The Labute approximate surface area is 242 Å². The summed E-state index contributed by atoms with van der Waals surface area (Å²) in [6.45, 7) is 20.1. The third-order valence-corrected chi connectivity index (χ3v) is 5.89. The van der Waals surface area contributed by atoms with Crippen LogP contribution in [-0.2, 0) is 17.6 Å². The molecule has 1 heterocycles. The van der Waals surface area contributed by atoms with Crippen LogP contribution in [0.1, 0.15) is 50.3 Å². The Morgan fingerprint density at radius 2 is 1.60 bits per heavy atom.